The molecule has 2 unspecified atom stereocenters. The van der Waals surface area contributed by atoms with Crippen molar-refractivity contribution < 1.29 is 37.9 Å². The van der Waals surface area contributed by atoms with Crippen LogP contribution in [-0.2, 0) is 27.9 Å². The predicted molar refractivity (Wildman–Crippen MR) is 173 cm³/mol. The number of phosphoric ester groups is 1. The molecule has 2 atom stereocenters. The van der Waals surface area contributed by atoms with Crippen molar-refractivity contribution in [3.05, 3.63) is 60.8 Å². The van der Waals surface area contributed by atoms with Gasteiger partial charge >= 0.3 is 13.8 Å². The Morgan fingerprint density at radius 2 is 1.26 bits per heavy atom. The van der Waals surface area contributed by atoms with E-state index < -0.39 is 26.5 Å². The third-order valence-electron chi connectivity index (χ3n) is 6.02. The summed E-state index contributed by atoms with van der Waals surface area (Å²) in [4.78, 5) is 32.2. The molecule has 0 radical (unpaired) electrons. The van der Waals surface area contributed by atoms with Gasteiger partial charge in [0.1, 0.15) is 12.7 Å². The Labute approximate surface area is 259 Å². The highest BCUT2D eigenvalue weighted by Gasteiger charge is 2.23. The van der Waals surface area contributed by atoms with Gasteiger partial charge in [-0.3, -0.25) is 18.6 Å². The Hall–Kier alpha value is -2.29. The van der Waals surface area contributed by atoms with E-state index in [1.165, 1.54) is 32.6 Å². The first-order chi connectivity index (χ1) is 20.8. The first kappa shape index (κ1) is 40.7. The van der Waals surface area contributed by atoms with E-state index in [1.807, 2.05) is 0 Å². The second-order valence-corrected chi connectivity index (χ2v) is 11.6. The fraction of sp³-hybridized carbons (Fsp3) is 0.636. The number of hydrogen-bond acceptors (Lipinski definition) is 7. The highest BCUT2D eigenvalue weighted by molar-refractivity contribution is 7.47. The van der Waals surface area contributed by atoms with Crippen LogP contribution in [0.2, 0.25) is 0 Å². The smallest absolute Gasteiger partial charge is 0.463 e. The summed E-state index contributed by atoms with van der Waals surface area (Å²) in [5.74, 6) is -0.715. The van der Waals surface area contributed by atoms with Crippen LogP contribution in [0.3, 0.4) is 0 Å². The van der Waals surface area contributed by atoms with Gasteiger partial charge in [-0.2, -0.15) is 0 Å². The minimum atomic E-state index is -4.38. The summed E-state index contributed by atoms with van der Waals surface area (Å²) in [5.41, 5.74) is 0. The number of carbonyl (C=O) groups excluding carboxylic acids is 2. The third-order valence-corrected chi connectivity index (χ3v) is 7.00. The van der Waals surface area contributed by atoms with E-state index in [0.717, 1.165) is 57.8 Å². The van der Waals surface area contributed by atoms with Gasteiger partial charge in [0.2, 0.25) is 5.91 Å². The van der Waals surface area contributed by atoms with Crippen molar-refractivity contribution >= 4 is 19.7 Å². The first-order valence-electron chi connectivity index (χ1n) is 15.7. The zero-order valence-electron chi connectivity index (χ0n) is 26.4. The van der Waals surface area contributed by atoms with Gasteiger partial charge in [-0.05, 0) is 51.4 Å². The van der Waals surface area contributed by atoms with Crippen LogP contribution >= 0.6 is 7.82 Å². The van der Waals surface area contributed by atoms with Gasteiger partial charge < -0.3 is 20.1 Å². The van der Waals surface area contributed by atoms with Crippen LogP contribution < -0.4 is 5.32 Å². The van der Waals surface area contributed by atoms with E-state index in [0.29, 0.717) is 6.42 Å². The standard InChI is InChI=1S/C33H56NO8P/c1-3-4-5-6-7-8-9-10-11-12-13-14-15-16-17-18-19-20-21-22-23-24-25-26-33(37)34-27-28-41-43(38,39)42-30-32(36)29-40-31(2)35/h4-5,7-8,10-11,13-14,16-17,32,36H,3,6,9,12,15,18-30H2,1-2H3,(H,34,37)(H,38,39)/b5-4-,8-7-,11-10-,14-13-,17-16-. The molecule has 43 heavy (non-hydrogen) atoms. The fourth-order valence-corrected chi connectivity index (χ4v) is 4.48. The van der Waals surface area contributed by atoms with Crippen molar-refractivity contribution in [1.29, 1.82) is 0 Å². The summed E-state index contributed by atoms with van der Waals surface area (Å²) in [5, 5.41) is 12.2. The summed E-state index contributed by atoms with van der Waals surface area (Å²) in [6, 6.07) is 0. The molecule has 0 saturated carbocycles. The first-order valence-corrected chi connectivity index (χ1v) is 17.2. The van der Waals surface area contributed by atoms with E-state index in [1.54, 1.807) is 0 Å². The number of amides is 1. The SMILES string of the molecule is CC/C=C\C/C=C\C/C=C\C/C=C\C/C=C\CCCCCCCCCC(=O)NCCOP(=O)(O)OCC(O)COC(C)=O. The Bertz CT molecular complexity index is 897. The van der Waals surface area contributed by atoms with E-state index in [9.17, 15) is 24.2 Å². The van der Waals surface area contributed by atoms with Gasteiger partial charge in [-0.15, -0.1) is 0 Å². The number of ether oxygens (including phenoxy) is 1. The average molecular weight is 626 g/mol. The quantitative estimate of drug-likeness (QED) is 0.0354. The Morgan fingerprint density at radius 1 is 0.744 bits per heavy atom. The maximum absolute atomic E-state index is 11.9. The van der Waals surface area contributed by atoms with Crippen LogP contribution in [0.15, 0.2) is 60.8 Å². The van der Waals surface area contributed by atoms with Gasteiger partial charge in [-0.1, -0.05) is 99.8 Å². The molecule has 0 saturated heterocycles. The third kappa shape index (κ3) is 32.5. The summed E-state index contributed by atoms with van der Waals surface area (Å²) < 4.78 is 25.7. The summed E-state index contributed by atoms with van der Waals surface area (Å²) in [6.07, 6.45) is 35.2. The van der Waals surface area contributed by atoms with Crippen molar-refractivity contribution in [3.8, 4) is 0 Å². The van der Waals surface area contributed by atoms with Gasteiger partial charge in [-0.25, -0.2) is 4.57 Å². The van der Waals surface area contributed by atoms with Crippen LogP contribution in [0.5, 0.6) is 0 Å². The lowest BCUT2D eigenvalue weighted by Gasteiger charge is -2.15. The minimum Gasteiger partial charge on any atom is -0.463 e. The monoisotopic (exact) mass is 625 g/mol. The Morgan fingerprint density at radius 3 is 1.81 bits per heavy atom. The van der Waals surface area contributed by atoms with Crippen LogP contribution in [0.25, 0.3) is 0 Å². The van der Waals surface area contributed by atoms with Crippen molar-refractivity contribution in [2.75, 3.05) is 26.4 Å². The lowest BCUT2D eigenvalue weighted by molar-refractivity contribution is -0.144. The molecule has 0 aliphatic rings. The van der Waals surface area contributed by atoms with Gasteiger partial charge in [0.15, 0.2) is 0 Å². The number of aliphatic hydroxyl groups excluding tert-OH is 1. The molecule has 0 rings (SSSR count). The maximum Gasteiger partial charge on any atom is 0.472 e. The molecule has 0 aliphatic carbocycles. The largest absolute Gasteiger partial charge is 0.472 e. The van der Waals surface area contributed by atoms with Crippen LogP contribution in [0.1, 0.15) is 104 Å². The molecule has 0 aromatic heterocycles. The second kappa shape index (κ2) is 29.8. The van der Waals surface area contributed by atoms with Crippen LogP contribution in [-0.4, -0.2) is 54.3 Å². The van der Waals surface area contributed by atoms with Crippen LogP contribution in [0.4, 0.5) is 0 Å². The molecular weight excluding hydrogens is 569 g/mol. The van der Waals surface area contributed by atoms with E-state index in [2.05, 4.69) is 82.3 Å². The molecule has 0 fully saturated rings. The highest BCUT2D eigenvalue weighted by Crippen LogP contribution is 2.42. The van der Waals surface area contributed by atoms with E-state index in [-0.39, 0.29) is 25.7 Å². The normalized spacial score (nSPS) is 14.4. The van der Waals surface area contributed by atoms with E-state index >= 15 is 0 Å². The molecule has 0 bridgehead atoms. The minimum absolute atomic E-state index is 0.0701. The molecule has 0 spiro atoms. The zero-order valence-corrected chi connectivity index (χ0v) is 27.3. The number of unbranched alkanes of at least 4 members (excludes halogenated alkanes) is 7. The van der Waals surface area contributed by atoms with Crippen molar-refractivity contribution in [2.24, 2.45) is 0 Å². The predicted octanol–water partition coefficient (Wildman–Crippen LogP) is 7.42. The average Bonchev–Trinajstić information content (AvgIpc) is 2.97. The topological polar surface area (TPSA) is 131 Å². The summed E-state index contributed by atoms with van der Waals surface area (Å²) >= 11 is 0. The Kier molecular flexibility index (Phi) is 28.2. The van der Waals surface area contributed by atoms with Crippen molar-refractivity contribution in [3.63, 3.8) is 0 Å². The lowest BCUT2D eigenvalue weighted by Crippen LogP contribution is -2.27. The highest BCUT2D eigenvalue weighted by atomic mass is 31.2. The second-order valence-electron chi connectivity index (χ2n) is 10.1. The number of aliphatic hydroxyl groups is 1. The molecule has 0 aromatic rings. The van der Waals surface area contributed by atoms with Gasteiger partial charge in [0.05, 0.1) is 13.2 Å². The molecular formula is C33H56NO8P. The molecule has 9 nitrogen and oxygen atoms in total. The molecule has 0 heterocycles. The number of hydrogen-bond donors (Lipinski definition) is 3. The number of esters is 1. The van der Waals surface area contributed by atoms with Gasteiger partial charge in [0.25, 0.3) is 0 Å². The fourth-order valence-electron chi connectivity index (χ4n) is 3.72. The molecule has 3 N–H and O–H groups in total. The number of rotatable bonds is 28. The molecule has 246 valence electrons. The summed E-state index contributed by atoms with van der Waals surface area (Å²) in [7, 11) is -4.38. The van der Waals surface area contributed by atoms with Crippen molar-refractivity contribution in [2.45, 2.75) is 110 Å². The van der Waals surface area contributed by atoms with Crippen molar-refractivity contribution in [1.82, 2.24) is 5.32 Å². The molecule has 0 aromatic carbocycles. The zero-order chi connectivity index (χ0) is 31.9. The Balaban J connectivity index is 3.55. The molecule has 10 heteroatoms. The maximum atomic E-state index is 11.9. The lowest BCUT2D eigenvalue weighted by atomic mass is 10.1. The summed E-state index contributed by atoms with van der Waals surface area (Å²) in [6.45, 7) is 2.31. The number of nitrogens with one attached hydrogen (secondary N) is 1. The molecule has 0 aliphatic heterocycles. The number of carbonyl (C=O) groups is 2. The van der Waals surface area contributed by atoms with E-state index in [4.69, 9.17) is 4.52 Å². The number of phosphoric acid groups is 1. The number of allylic oxidation sites excluding steroid dienone is 10. The molecule has 1 amide bonds. The van der Waals surface area contributed by atoms with Crippen LogP contribution in [0, 0.1) is 0 Å². The van der Waals surface area contributed by atoms with Gasteiger partial charge in [0, 0.05) is 19.9 Å².